The zero-order valence-corrected chi connectivity index (χ0v) is 12.6. The lowest BCUT2D eigenvalue weighted by Gasteiger charge is -2.11. The molecule has 22 heavy (non-hydrogen) atoms. The molecule has 2 aromatic heterocycles. The Morgan fingerprint density at radius 1 is 1.41 bits per heavy atom. The second-order valence-electron chi connectivity index (χ2n) is 5.52. The standard InChI is InChI=1S/C16H18N4O2/c1-10(7-12-8-11(2)18-19-12)17-16(21)9-14-13-5-3-4-6-15(13)22-20-14/h3-6,8,10H,7,9H2,1-2H3,(H,17,21)(H,18,19)/t10-/m1/s1. The zero-order valence-electron chi connectivity index (χ0n) is 12.6. The van der Waals surface area contributed by atoms with E-state index in [9.17, 15) is 4.79 Å². The van der Waals surface area contributed by atoms with Crippen LogP contribution in [0.25, 0.3) is 11.0 Å². The van der Waals surface area contributed by atoms with E-state index in [4.69, 9.17) is 4.52 Å². The van der Waals surface area contributed by atoms with Gasteiger partial charge in [0.05, 0.1) is 12.1 Å². The Morgan fingerprint density at radius 2 is 2.23 bits per heavy atom. The molecular weight excluding hydrogens is 280 g/mol. The van der Waals surface area contributed by atoms with Crippen LogP contribution in [0.4, 0.5) is 0 Å². The number of carbonyl (C=O) groups is 1. The average Bonchev–Trinajstić information content (AvgIpc) is 3.06. The van der Waals surface area contributed by atoms with Crippen molar-refractivity contribution in [2.24, 2.45) is 0 Å². The molecule has 1 amide bonds. The fourth-order valence-corrected chi connectivity index (χ4v) is 2.49. The van der Waals surface area contributed by atoms with Crippen molar-refractivity contribution in [3.05, 3.63) is 47.4 Å². The highest BCUT2D eigenvalue weighted by Gasteiger charge is 2.14. The van der Waals surface area contributed by atoms with Crippen LogP contribution in [0.1, 0.15) is 24.0 Å². The van der Waals surface area contributed by atoms with Gasteiger partial charge in [-0.1, -0.05) is 17.3 Å². The maximum absolute atomic E-state index is 12.1. The first-order valence-corrected chi connectivity index (χ1v) is 7.25. The van der Waals surface area contributed by atoms with Crippen molar-refractivity contribution in [2.45, 2.75) is 32.7 Å². The zero-order chi connectivity index (χ0) is 15.5. The van der Waals surface area contributed by atoms with Gasteiger partial charge in [0, 0.05) is 23.5 Å². The number of nitrogens with zero attached hydrogens (tertiary/aromatic N) is 2. The van der Waals surface area contributed by atoms with Gasteiger partial charge in [0.25, 0.3) is 0 Å². The van der Waals surface area contributed by atoms with Crippen molar-refractivity contribution in [2.75, 3.05) is 0 Å². The first-order chi connectivity index (χ1) is 10.6. The number of fused-ring (bicyclic) bond motifs is 1. The SMILES string of the molecule is Cc1cc(C[C@@H](C)NC(=O)Cc2noc3ccccc23)n[nH]1. The van der Waals surface area contributed by atoms with Gasteiger partial charge >= 0.3 is 0 Å². The molecule has 0 spiro atoms. The minimum absolute atomic E-state index is 0.00775. The van der Waals surface area contributed by atoms with Gasteiger partial charge in [0.1, 0.15) is 5.69 Å². The Hall–Kier alpha value is -2.63. The highest BCUT2D eigenvalue weighted by molar-refractivity contribution is 5.86. The molecule has 3 aromatic rings. The number of H-pyrrole nitrogens is 1. The lowest BCUT2D eigenvalue weighted by Crippen LogP contribution is -2.35. The first kappa shape index (κ1) is 14.3. The summed E-state index contributed by atoms with van der Waals surface area (Å²) in [6.07, 6.45) is 0.899. The molecule has 114 valence electrons. The van der Waals surface area contributed by atoms with E-state index in [0.29, 0.717) is 17.7 Å². The van der Waals surface area contributed by atoms with Crippen LogP contribution in [-0.2, 0) is 17.6 Å². The molecule has 0 aliphatic carbocycles. The van der Waals surface area contributed by atoms with Crippen molar-refractivity contribution in [1.29, 1.82) is 0 Å². The predicted octanol–water partition coefficient (Wildman–Crippen LogP) is 2.15. The van der Waals surface area contributed by atoms with Crippen molar-refractivity contribution >= 4 is 16.9 Å². The Morgan fingerprint density at radius 3 is 3.00 bits per heavy atom. The number of aromatic amines is 1. The van der Waals surface area contributed by atoms with Crippen LogP contribution < -0.4 is 5.32 Å². The molecule has 2 heterocycles. The van der Waals surface area contributed by atoms with Gasteiger partial charge in [-0.05, 0) is 32.0 Å². The van der Waals surface area contributed by atoms with E-state index in [1.54, 1.807) is 0 Å². The van der Waals surface area contributed by atoms with Crippen LogP contribution >= 0.6 is 0 Å². The average molecular weight is 298 g/mol. The highest BCUT2D eigenvalue weighted by Crippen LogP contribution is 2.18. The van der Waals surface area contributed by atoms with Crippen molar-refractivity contribution in [3.8, 4) is 0 Å². The monoisotopic (exact) mass is 298 g/mol. The summed E-state index contributed by atoms with van der Waals surface area (Å²) in [5, 5.41) is 14.9. The van der Waals surface area contributed by atoms with Gasteiger partial charge in [-0.3, -0.25) is 9.89 Å². The molecule has 1 aromatic carbocycles. The quantitative estimate of drug-likeness (QED) is 0.756. The van der Waals surface area contributed by atoms with Gasteiger partial charge in [0.15, 0.2) is 5.58 Å². The van der Waals surface area contributed by atoms with Crippen LogP contribution in [0, 0.1) is 6.92 Å². The Labute approximate surface area is 127 Å². The fourth-order valence-electron chi connectivity index (χ4n) is 2.49. The largest absolute Gasteiger partial charge is 0.356 e. The number of aromatic nitrogens is 3. The van der Waals surface area contributed by atoms with Gasteiger partial charge in [0.2, 0.25) is 5.91 Å². The second kappa shape index (κ2) is 6.01. The van der Waals surface area contributed by atoms with E-state index in [0.717, 1.165) is 16.8 Å². The highest BCUT2D eigenvalue weighted by atomic mass is 16.5. The van der Waals surface area contributed by atoms with E-state index in [1.165, 1.54) is 0 Å². The lowest BCUT2D eigenvalue weighted by atomic mass is 10.1. The number of carbonyl (C=O) groups excluding carboxylic acids is 1. The van der Waals surface area contributed by atoms with Crippen LogP contribution in [-0.4, -0.2) is 27.3 Å². The van der Waals surface area contributed by atoms with Crippen molar-refractivity contribution < 1.29 is 9.32 Å². The van der Waals surface area contributed by atoms with Gasteiger partial charge < -0.3 is 9.84 Å². The van der Waals surface area contributed by atoms with Crippen LogP contribution in [0.5, 0.6) is 0 Å². The number of hydrogen-bond donors (Lipinski definition) is 2. The summed E-state index contributed by atoms with van der Waals surface area (Å²) in [6.45, 7) is 3.91. The first-order valence-electron chi connectivity index (χ1n) is 7.25. The normalized spacial score (nSPS) is 12.5. The summed E-state index contributed by atoms with van der Waals surface area (Å²) in [7, 11) is 0. The molecule has 0 fully saturated rings. The number of nitrogens with one attached hydrogen (secondary N) is 2. The van der Waals surface area contributed by atoms with Crippen LogP contribution in [0.3, 0.4) is 0 Å². The van der Waals surface area contributed by atoms with E-state index < -0.39 is 0 Å². The van der Waals surface area contributed by atoms with Crippen LogP contribution in [0.15, 0.2) is 34.9 Å². The number of para-hydroxylation sites is 1. The summed E-state index contributed by atoms with van der Waals surface area (Å²) >= 11 is 0. The second-order valence-corrected chi connectivity index (χ2v) is 5.52. The van der Waals surface area contributed by atoms with E-state index in [1.807, 2.05) is 44.2 Å². The van der Waals surface area contributed by atoms with E-state index in [2.05, 4.69) is 20.7 Å². The summed E-state index contributed by atoms with van der Waals surface area (Å²) in [6, 6.07) is 9.52. The molecule has 0 saturated heterocycles. The number of benzene rings is 1. The van der Waals surface area contributed by atoms with Crippen LogP contribution in [0.2, 0.25) is 0 Å². The Kier molecular flexibility index (Phi) is 3.91. The maximum atomic E-state index is 12.1. The summed E-state index contributed by atoms with van der Waals surface area (Å²) in [5.74, 6) is -0.0705. The molecule has 0 radical (unpaired) electrons. The third-order valence-corrected chi connectivity index (χ3v) is 3.46. The van der Waals surface area contributed by atoms with E-state index >= 15 is 0 Å². The van der Waals surface area contributed by atoms with Crippen molar-refractivity contribution in [3.63, 3.8) is 0 Å². The predicted molar refractivity (Wildman–Crippen MR) is 82.3 cm³/mol. The third-order valence-electron chi connectivity index (χ3n) is 3.46. The number of hydrogen-bond acceptors (Lipinski definition) is 4. The molecule has 6 heteroatoms. The minimum atomic E-state index is -0.0705. The van der Waals surface area contributed by atoms with E-state index in [-0.39, 0.29) is 18.4 Å². The molecule has 3 rings (SSSR count). The molecule has 1 atom stereocenters. The summed E-state index contributed by atoms with van der Waals surface area (Å²) in [4.78, 5) is 12.1. The van der Waals surface area contributed by atoms with Gasteiger partial charge in [-0.25, -0.2) is 0 Å². The third kappa shape index (κ3) is 3.16. The molecule has 0 saturated carbocycles. The minimum Gasteiger partial charge on any atom is -0.356 e. The van der Waals surface area contributed by atoms with Crippen molar-refractivity contribution in [1.82, 2.24) is 20.7 Å². The number of aryl methyl sites for hydroxylation is 1. The summed E-state index contributed by atoms with van der Waals surface area (Å²) in [5.41, 5.74) is 3.32. The molecule has 2 N–H and O–H groups in total. The molecule has 0 aliphatic rings. The Balaban J connectivity index is 1.60. The van der Waals surface area contributed by atoms with Gasteiger partial charge in [-0.15, -0.1) is 0 Å². The lowest BCUT2D eigenvalue weighted by molar-refractivity contribution is -0.121. The molecular formula is C16H18N4O2. The maximum Gasteiger partial charge on any atom is 0.226 e. The molecule has 0 aliphatic heterocycles. The number of rotatable bonds is 5. The fraction of sp³-hybridized carbons (Fsp3) is 0.312. The smallest absolute Gasteiger partial charge is 0.226 e. The van der Waals surface area contributed by atoms with Gasteiger partial charge in [-0.2, -0.15) is 5.10 Å². The topological polar surface area (TPSA) is 83.8 Å². The number of amides is 1. The molecule has 0 bridgehead atoms. The summed E-state index contributed by atoms with van der Waals surface area (Å²) < 4.78 is 5.21. The Bertz CT molecular complexity index is 790. The molecule has 0 unspecified atom stereocenters. The molecule has 6 nitrogen and oxygen atoms in total.